The van der Waals surface area contributed by atoms with Crippen molar-refractivity contribution in [2.45, 2.75) is 40.0 Å². The van der Waals surface area contributed by atoms with Gasteiger partial charge in [-0.25, -0.2) is 0 Å². The van der Waals surface area contributed by atoms with Crippen LogP contribution >= 0.6 is 11.3 Å². The van der Waals surface area contributed by atoms with E-state index < -0.39 is 0 Å². The highest BCUT2D eigenvalue weighted by Crippen LogP contribution is 2.24. The van der Waals surface area contributed by atoms with Gasteiger partial charge in [-0.15, -0.1) is 11.3 Å². The van der Waals surface area contributed by atoms with Crippen LogP contribution < -0.4 is 0 Å². The second-order valence-electron chi connectivity index (χ2n) is 4.11. The Morgan fingerprint density at radius 3 is 2.33 bits per heavy atom. The lowest BCUT2D eigenvalue weighted by Crippen LogP contribution is -1.91. The smallest absolute Gasteiger partial charge is 0.00735 e. The van der Waals surface area contributed by atoms with Gasteiger partial charge in [-0.3, -0.25) is 0 Å². The van der Waals surface area contributed by atoms with E-state index in [-0.39, 0.29) is 0 Å². The molecule has 0 nitrogen and oxygen atoms in total. The predicted molar refractivity (Wildman–Crippen MR) is 57.0 cm³/mol. The normalized spacial score (nSPS) is 11.5. The minimum atomic E-state index is 0.691. The van der Waals surface area contributed by atoms with Gasteiger partial charge < -0.3 is 0 Å². The molecule has 0 saturated carbocycles. The number of hydrogen-bond acceptors (Lipinski definition) is 1. The molecule has 1 rings (SSSR count). The zero-order valence-corrected chi connectivity index (χ0v) is 9.24. The summed E-state index contributed by atoms with van der Waals surface area (Å²) in [5.74, 6) is 1.47. The molecular formula is C11H18S. The standard InChI is InChI=1S/C11H18S/c1-8(2)5-10-6-11(9(3)4)12-7-10/h6-9H,5H2,1-4H3. The van der Waals surface area contributed by atoms with Gasteiger partial charge in [-0.05, 0) is 35.3 Å². The lowest BCUT2D eigenvalue weighted by Gasteiger charge is -2.01. The van der Waals surface area contributed by atoms with Crippen molar-refractivity contribution in [2.24, 2.45) is 5.92 Å². The quantitative estimate of drug-likeness (QED) is 0.661. The van der Waals surface area contributed by atoms with Crippen LogP contribution in [0.25, 0.3) is 0 Å². The molecule has 0 atom stereocenters. The van der Waals surface area contributed by atoms with E-state index in [2.05, 4.69) is 39.1 Å². The first-order valence-corrected chi connectivity index (χ1v) is 5.55. The summed E-state index contributed by atoms with van der Waals surface area (Å²) >= 11 is 1.90. The molecular weight excluding hydrogens is 164 g/mol. The third-order valence-electron chi connectivity index (χ3n) is 1.89. The van der Waals surface area contributed by atoms with Crippen LogP contribution in [0, 0.1) is 5.92 Å². The summed E-state index contributed by atoms with van der Waals surface area (Å²) in [5, 5.41) is 2.30. The first-order chi connectivity index (χ1) is 5.59. The molecule has 0 fully saturated rings. The Morgan fingerprint density at radius 1 is 1.25 bits per heavy atom. The zero-order chi connectivity index (χ0) is 9.14. The molecule has 0 aliphatic heterocycles. The molecule has 68 valence electrons. The van der Waals surface area contributed by atoms with Crippen molar-refractivity contribution in [3.8, 4) is 0 Å². The fourth-order valence-corrected chi connectivity index (χ4v) is 2.22. The molecule has 1 aromatic rings. The highest BCUT2D eigenvalue weighted by molar-refractivity contribution is 7.10. The van der Waals surface area contributed by atoms with Crippen LogP contribution in [0.4, 0.5) is 0 Å². The average molecular weight is 182 g/mol. The first-order valence-electron chi connectivity index (χ1n) is 4.67. The van der Waals surface area contributed by atoms with Crippen LogP contribution in [0.3, 0.4) is 0 Å². The minimum absolute atomic E-state index is 0.691. The van der Waals surface area contributed by atoms with Gasteiger partial charge in [0.05, 0.1) is 0 Å². The second kappa shape index (κ2) is 4.08. The number of thiophene rings is 1. The molecule has 0 amide bonds. The summed E-state index contributed by atoms with van der Waals surface area (Å²) < 4.78 is 0. The van der Waals surface area contributed by atoms with Crippen LogP contribution in [0.5, 0.6) is 0 Å². The molecule has 0 bridgehead atoms. The Labute approximate surface area is 79.6 Å². The van der Waals surface area contributed by atoms with E-state index in [0.29, 0.717) is 5.92 Å². The van der Waals surface area contributed by atoms with E-state index >= 15 is 0 Å². The van der Waals surface area contributed by atoms with Gasteiger partial charge in [0.1, 0.15) is 0 Å². The van der Waals surface area contributed by atoms with Crippen molar-refractivity contribution in [2.75, 3.05) is 0 Å². The Bertz CT molecular complexity index is 233. The number of rotatable bonds is 3. The van der Waals surface area contributed by atoms with Crippen molar-refractivity contribution < 1.29 is 0 Å². The van der Waals surface area contributed by atoms with Gasteiger partial charge >= 0.3 is 0 Å². The van der Waals surface area contributed by atoms with Gasteiger partial charge in [-0.2, -0.15) is 0 Å². The molecule has 0 aliphatic rings. The molecule has 0 spiro atoms. The van der Waals surface area contributed by atoms with E-state index in [4.69, 9.17) is 0 Å². The average Bonchev–Trinajstić information content (AvgIpc) is 2.34. The molecule has 0 saturated heterocycles. The highest BCUT2D eigenvalue weighted by atomic mass is 32.1. The predicted octanol–water partition coefficient (Wildman–Crippen LogP) is 4.07. The number of hydrogen-bond donors (Lipinski definition) is 0. The van der Waals surface area contributed by atoms with Crippen LogP contribution in [0.15, 0.2) is 11.4 Å². The van der Waals surface area contributed by atoms with Gasteiger partial charge in [0.2, 0.25) is 0 Å². The van der Waals surface area contributed by atoms with Crippen molar-refractivity contribution in [3.05, 3.63) is 21.9 Å². The molecule has 0 aliphatic carbocycles. The lowest BCUT2D eigenvalue weighted by atomic mass is 10.0. The molecule has 0 unspecified atom stereocenters. The van der Waals surface area contributed by atoms with Crippen molar-refractivity contribution in [1.29, 1.82) is 0 Å². The molecule has 0 N–H and O–H groups in total. The third-order valence-corrected chi connectivity index (χ3v) is 3.17. The maximum Gasteiger partial charge on any atom is 0.00735 e. The van der Waals surface area contributed by atoms with Gasteiger partial charge in [-0.1, -0.05) is 27.7 Å². The lowest BCUT2D eigenvalue weighted by molar-refractivity contribution is 0.648. The molecule has 0 radical (unpaired) electrons. The van der Waals surface area contributed by atoms with E-state index in [9.17, 15) is 0 Å². The fraction of sp³-hybridized carbons (Fsp3) is 0.636. The maximum absolute atomic E-state index is 2.36. The molecule has 12 heavy (non-hydrogen) atoms. The minimum Gasteiger partial charge on any atom is -0.148 e. The summed E-state index contributed by atoms with van der Waals surface area (Å²) in [6.45, 7) is 9.05. The summed E-state index contributed by atoms with van der Waals surface area (Å²) in [5.41, 5.74) is 1.51. The van der Waals surface area contributed by atoms with Crippen LogP contribution in [-0.4, -0.2) is 0 Å². The molecule has 1 aromatic heterocycles. The SMILES string of the molecule is CC(C)Cc1csc(C(C)C)c1. The Kier molecular flexibility index (Phi) is 3.33. The van der Waals surface area contributed by atoms with E-state index in [1.807, 2.05) is 11.3 Å². The van der Waals surface area contributed by atoms with Gasteiger partial charge in [0, 0.05) is 4.88 Å². The Morgan fingerprint density at radius 2 is 1.92 bits per heavy atom. The first kappa shape index (κ1) is 9.79. The van der Waals surface area contributed by atoms with Gasteiger partial charge in [0.25, 0.3) is 0 Å². The summed E-state index contributed by atoms with van der Waals surface area (Å²) in [6, 6.07) is 2.36. The molecule has 0 aromatic carbocycles. The van der Waals surface area contributed by atoms with Crippen LogP contribution in [0.1, 0.15) is 44.1 Å². The second-order valence-corrected chi connectivity index (χ2v) is 5.05. The summed E-state index contributed by atoms with van der Waals surface area (Å²) in [6.07, 6.45) is 1.23. The Hall–Kier alpha value is -0.300. The monoisotopic (exact) mass is 182 g/mol. The van der Waals surface area contributed by atoms with Crippen molar-refractivity contribution in [3.63, 3.8) is 0 Å². The topological polar surface area (TPSA) is 0 Å². The van der Waals surface area contributed by atoms with E-state index in [0.717, 1.165) is 5.92 Å². The largest absolute Gasteiger partial charge is 0.148 e. The third kappa shape index (κ3) is 2.63. The molecule has 1 heterocycles. The molecule has 1 heteroatoms. The Balaban J connectivity index is 2.64. The van der Waals surface area contributed by atoms with E-state index in [1.165, 1.54) is 16.9 Å². The zero-order valence-electron chi connectivity index (χ0n) is 8.42. The van der Waals surface area contributed by atoms with Crippen LogP contribution in [0.2, 0.25) is 0 Å². The van der Waals surface area contributed by atoms with E-state index in [1.54, 1.807) is 0 Å². The van der Waals surface area contributed by atoms with Crippen LogP contribution in [-0.2, 0) is 6.42 Å². The fourth-order valence-electron chi connectivity index (χ4n) is 1.28. The highest BCUT2D eigenvalue weighted by Gasteiger charge is 2.04. The van der Waals surface area contributed by atoms with Crippen molar-refractivity contribution >= 4 is 11.3 Å². The summed E-state index contributed by atoms with van der Waals surface area (Å²) in [7, 11) is 0. The maximum atomic E-state index is 2.36. The van der Waals surface area contributed by atoms with Gasteiger partial charge in [0.15, 0.2) is 0 Å². The van der Waals surface area contributed by atoms with Crippen molar-refractivity contribution in [1.82, 2.24) is 0 Å². The summed E-state index contributed by atoms with van der Waals surface area (Å²) in [4.78, 5) is 1.52.